The predicted octanol–water partition coefficient (Wildman–Crippen LogP) is 1.68. The summed E-state index contributed by atoms with van der Waals surface area (Å²) >= 11 is 0. The molecule has 0 aromatic rings. The van der Waals surface area contributed by atoms with Crippen LogP contribution in [0.15, 0.2) is 11.6 Å². The summed E-state index contributed by atoms with van der Waals surface area (Å²) in [7, 11) is 0. The van der Waals surface area contributed by atoms with Crippen LogP contribution in [0.5, 0.6) is 0 Å². The van der Waals surface area contributed by atoms with Gasteiger partial charge in [0.15, 0.2) is 5.78 Å². The molecule has 0 radical (unpaired) electrons. The normalized spacial score (nSPS) is 24.0. The topological polar surface area (TPSA) is 37.3 Å². The number of hydrogen-bond acceptors (Lipinski definition) is 2. The Morgan fingerprint density at radius 2 is 2.25 bits per heavy atom. The van der Waals surface area contributed by atoms with Gasteiger partial charge in [0.2, 0.25) is 0 Å². The molecule has 2 heteroatoms. The highest BCUT2D eigenvalue weighted by atomic mass is 16.3. The third-order valence-corrected chi connectivity index (χ3v) is 2.57. The first-order valence-corrected chi connectivity index (χ1v) is 4.33. The molecule has 1 N–H and O–H groups in total. The summed E-state index contributed by atoms with van der Waals surface area (Å²) in [5, 5.41) is 9.67. The van der Waals surface area contributed by atoms with E-state index in [1.54, 1.807) is 20.8 Å². The van der Waals surface area contributed by atoms with Crippen molar-refractivity contribution < 1.29 is 9.90 Å². The molecule has 0 aliphatic heterocycles. The maximum absolute atomic E-state index is 11.0. The van der Waals surface area contributed by atoms with Gasteiger partial charge >= 0.3 is 0 Å². The fourth-order valence-electron chi connectivity index (χ4n) is 1.54. The lowest BCUT2D eigenvalue weighted by Crippen LogP contribution is -2.29. The fourth-order valence-corrected chi connectivity index (χ4v) is 1.54. The number of allylic oxidation sites excluding steroid dienone is 2. The van der Waals surface area contributed by atoms with Gasteiger partial charge in [-0.05, 0) is 45.1 Å². The average Bonchev–Trinajstić information content (AvgIpc) is 2.30. The van der Waals surface area contributed by atoms with Gasteiger partial charge in [-0.3, -0.25) is 4.79 Å². The van der Waals surface area contributed by atoms with Crippen molar-refractivity contribution in [1.29, 1.82) is 0 Å². The SMILES string of the molecule is CC(=O)C1=CCC(C(C)(C)O)C1. The molecule has 0 saturated heterocycles. The summed E-state index contributed by atoms with van der Waals surface area (Å²) in [6.45, 7) is 5.18. The predicted molar refractivity (Wildman–Crippen MR) is 47.8 cm³/mol. The van der Waals surface area contributed by atoms with Crippen LogP contribution in [-0.4, -0.2) is 16.5 Å². The molecule has 0 aromatic heterocycles. The molecule has 0 heterocycles. The minimum atomic E-state index is -0.659. The molecule has 1 aliphatic rings. The van der Waals surface area contributed by atoms with Gasteiger partial charge in [0, 0.05) is 0 Å². The van der Waals surface area contributed by atoms with E-state index in [-0.39, 0.29) is 11.7 Å². The highest BCUT2D eigenvalue weighted by Crippen LogP contribution is 2.33. The van der Waals surface area contributed by atoms with Crippen LogP contribution in [0.4, 0.5) is 0 Å². The van der Waals surface area contributed by atoms with Crippen LogP contribution in [0.2, 0.25) is 0 Å². The number of Topliss-reactive ketones (excluding diaryl/α,β-unsaturated/α-hetero) is 1. The van der Waals surface area contributed by atoms with Crippen LogP contribution >= 0.6 is 0 Å². The maximum atomic E-state index is 11.0. The van der Waals surface area contributed by atoms with Crippen LogP contribution < -0.4 is 0 Å². The van der Waals surface area contributed by atoms with Gasteiger partial charge < -0.3 is 5.11 Å². The highest BCUT2D eigenvalue weighted by molar-refractivity contribution is 5.93. The van der Waals surface area contributed by atoms with Gasteiger partial charge in [-0.1, -0.05) is 6.08 Å². The van der Waals surface area contributed by atoms with Crippen LogP contribution in [0.3, 0.4) is 0 Å². The van der Waals surface area contributed by atoms with Crippen molar-refractivity contribution in [3.05, 3.63) is 11.6 Å². The van der Waals surface area contributed by atoms with Crippen LogP contribution in [0, 0.1) is 5.92 Å². The Labute approximate surface area is 73.3 Å². The van der Waals surface area contributed by atoms with Crippen molar-refractivity contribution in [3.8, 4) is 0 Å². The molecule has 0 aromatic carbocycles. The second kappa shape index (κ2) is 3.02. The molecule has 2 nitrogen and oxygen atoms in total. The summed E-state index contributed by atoms with van der Waals surface area (Å²) in [5.74, 6) is 0.359. The Kier molecular flexibility index (Phi) is 2.38. The average molecular weight is 168 g/mol. The van der Waals surface area contributed by atoms with E-state index in [4.69, 9.17) is 0 Å². The molecule has 1 unspecified atom stereocenters. The van der Waals surface area contributed by atoms with Crippen LogP contribution in [0.25, 0.3) is 0 Å². The molecule has 0 spiro atoms. The Balaban J connectivity index is 2.59. The Bertz CT molecular complexity index is 220. The Morgan fingerprint density at radius 3 is 2.50 bits per heavy atom. The minimum absolute atomic E-state index is 0.141. The second-order valence-corrected chi connectivity index (χ2v) is 4.08. The van der Waals surface area contributed by atoms with Gasteiger partial charge in [-0.2, -0.15) is 0 Å². The fraction of sp³-hybridized carbons (Fsp3) is 0.700. The number of rotatable bonds is 2. The van der Waals surface area contributed by atoms with Crippen LogP contribution in [0.1, 0.15) is 33.6 Å². The summed E-state index contributed by atoms with van der Waals surface area (Å²) in [5.41, 5.74) is 0.218. The third kappa shape index (κ3) is 1.95. The number of ketones is 1. The van der Waals surface area contributed by atoms with E-state index in [0.29, 0.717) is 0 Å². The van der Waals surface area contributed by atoms with Gasteiger partial charge in [0.05, 0.1) is 5.60 Å². The van der Waals surface area contributed by atoms with E-state index in [9.17, 15) is 9.90 Å². The van der Waals surface area contributed by atoms with E-state index < -0.39 is 5.60 Å². The van der Waals surface area contributed by atoms with Crippen molar-refractivity contribution >= 4 is 5.78 Å². The first-order chi connectivity index (χ1) is 5.41. The second-order valence-electron chi connectivity index (χ2n) is 4.08. The van der Waals surface area contributed by atoms with Crippen LogP contribution in [-0.2, 0) is 4.79 Å². The first-order valence-electron chi connectivity index (χ1n) is 4.33. The zero-order valence-electron chi connectivity index (χ0n) is 7.92. The molecule has 0 fully saturated rings. The molecule has 68 valence electrons. The quantitative estimate of drug-likeness (QED) is 0.681. The van der Waals surface area contributed by atoms with Crippen molar-refractivity contribution in [3.63, 3.8) is 0 Å². The lowest BCUT2D eigenvalue weighted by molar-refractivity contribution is -0.113. The smallest absolute Gasteiger partial charge is 0.155 e. The van der Waals surface area contributed by atoms with Gasteiger partial charge in [-0.25, -0.2) is 0 Å². The third-order valence-electron chi connectivity index (χ3n) is 2.57. The van der Waals surface area contributed by atoms with Gasteiger partial charge in [0.25, 0.3) is 0 Å². The van der Waals surface area contributed by atoms with Crippen molar-refractivity contribution in [1.82, 2.24) is 0 Å². The summed E-state index contributed by atoms with van der Waals surface area (Å²) in [6.07, 6.45) is 3.52. The molecule has 0 bridgehead atoms. The molecular weight excluding hydrogens is 152 g/mol. The largest absolute Gasteiger partial charge is 0.390 e. The molecule has 0 amide bonds. The van der Waals surface area contributed by atoms with E-state index in [1.807, 2.05) is 6.08 Å². The van der Waals surface area contributed by atoms with Crippen molar-refractivity contribution in [2.45, 2.75) is 39.2 Å². The Morgan fingerprint density at radius 1 is 1.67 bits per heavy atom. The summed E-state index contributed by atoms with van der Waals surface area (Å²) in [4.78, 5) is 11.0. The number of hydrogen-bond donors (Lipinski definition) is 1. The van der Waals surface area contributed by atoms with E-state index >= 15 is 0 Å². The molecular formula is C10H16O2. The van der Waals surface area contributed by atoms with E-state index in [1.165, 1.54) is 0 Å². The molecule has 12 heavy (non-hydrogen) atoms. The zero-order chi connectivity index (χ0) is 9.35. The van der Waals surface area contributed by atoms with Gasteiger partial charge in [0.1, 0.15) is 0 Å². The zero-order valence-corrected chi connectivity index (χ0v) is 7.92. The molecule has 1 aliphatic carbocycles. The number of carbonyl (C=O) groups excluding carboxylic acids is 1. The lowest BCUT2D eigenvalue weighted by atomic mass is 9.88. The Hall–Kier alpha value is -0.630. The number of carbonyl (C=O) groups is 1. The number of aliphatic hydroxyl groups is 1. The lowest BCUT2D eigenvalue weighted by Gasteiger charge is -2.25. The van der Waals surface area contributed by atoms with Crippen molar-refractivity contribution in [2.24, 2.45) is 5.92 Å². The minimum Gasteiger partial charge on any atom is -0.390 e. The first kappa shape index (κ1) is 9.46. The summed E-state index contributed by atoms with van der Waals surface area (Å²) in [6, 6.07) is 0. The summed E-state index contributed by atoms with van der Waals surface area (Å²) < 4.78 is 0. The molecule has 0 saturated carbocycles. The monoisotopic (exact) mass is 168 g/mol. The van der Waals surface area contributed by atoms with Gasteiger partial charge in [-0.15, -0.1) is 0 Å². The molecule has 1 atom stereocenters. The highest BCUT2D eigenvalue weighted by Gasteiger charge is 2.31. The van der Waals surface area contributed by atoms with E-state index in [2.05, 4.69) is 0 Å². The molecule has 1 rings (SSSR count). The maximum Gasteiger partial charge on any atom is 0.155 e. The van der Waals surface area contributed by atoms with E-state index in [0.717, 1.165) is 18.4 Å². The standard InChI is InChI=1S/C10H16O2/c1-7(11)8-4-5-9(6-8)10(2,3)12/h4,9,12H,5-6H2,1-3H3. The van der Waals surface area contributed by atoms with Crippen molar-refractivity contribution in [2.75, 3.05) is 0 Å².